The summed E-state index contributed by atoms with van der Waals surface area (Å²) in [6, 6.07) is 7.46. The van der Waals surface area contributed by atoms with Gasteiger partial charge in [0.25, 0.3) is 0 Å². The number of benzene rings is 1. The first-order valence-electron chi connectivity index (χ1n) is 9.25. The maximum absolute atomic E-state index is 12.2. The Bertz CT molecular complexity index is 1040. The second-order valence-electron chi connectivity index (χ2n) is 6.13. The van der Waals surface area contributed by atoms with Gasteiger partial charge < -0.3 is 9.47 Å². The number of para-hydroxylation sites is 1. The normalized spacial score (nSPS) is 10.9. The highest BCUT2D eigenvalue weighted by atomic mass is 32.1. The molecule has 0 unspecified atom stereocenters. The van der Waals surface area contributed by atoms with E-state index in [1.54, 1.807) is 29.7 Å². The molecule has 0 saturated carbocycles. The molecule has 3 rings (SSSR count). The lowest BCUT2D eigenvalue weighted by Crippen LogP contribution is -2.09. The van der Waals surface area contributed by atoms with Crippen LogP contribution in [0.25, 0.3) is 6.08 Å². The van der Waals surface area contributed by atoms with Crippen LogP contribution in [0.5, 0.6) is 5.75 Å². The van der Waals surface area contributed by atoms with Crippen LogP contribution in [0.3, 0.4) is 0 Å². The molecule has 0 saturated heterocycles. The second kappa shape index (κ2) is 10.7. The third-order valence-electron chi connectivity index (χ3n) is 3.79. The molecule has 0 spiro atoms. The Balaban J connectivity index is 1.57. The summed E-state index contributed by atoms with van der Waals surface area (Å²) in [4.78, 5) is 32.4. The van der Waals surface area contributed by atoms with E-state index in [2.05, 4.69) is 15.3 Å². The molecule has 1 aromatic carbocycles. The van der Waals surface area contributed by atoms with E-state index in [0.29, 0.717) is 29.8 Å². The quantitative estimate of drug-likeness (QED) is 0.393. The van der Waals surface area contributed by atoms with Crippen LogP contribution in [-0.2, 0) is 27.4 Å². The monoisotopic (exact) mass is 443 g/mol. The number of aryl methyl sites for hydroxylation is 1. The number of nitrogens with one attached hydrogen (secondary N) is 1. The van der Waals surface area contributed by atoms with Crippen molar-refractivity contribution < 1.29 is 19.1 Å². The molecule has 3 aromatic rings. The molecule has 0 aliphatic rings. The fourth-order valence-electron chi connectivity index (χ4n) is 2.49. The van der Waals surface area contributed by atoms with Crippen LogP contribution in [-0.4, -0.2) is 28.5 Å². The summed E-state index contributed by atoms with van der Waals surface area (Å²) < 4.78 is 10.8. The highest BCUT2D eigenvalue weighted by Gasteiger charge is 2.10. The fraction of sp³-hybridized carbons (Fsp3) is 0.238. The summed E-state index contributed by atoms with van der Waals surface area (Å²) in [5.74, 6) is 0.000120. The van der Waals surface area contributed by atoms with Crippen molar-refractivity contribution in [2.24, 2.45) is 0 Å². The molecule has 0 bridgehead atoms. The molecule has 1 N–H and O–H groups in total. The largest absolute Gasteiger partial charge is 0.487 e. The predicted molar refractivity (Wildman–Crippen MR) is 118 cm³/mol. The Labute approximate surface area is 182 Å². The average Bonchev–Trinajstić information content (AvgIpc) is 3.34. The van der Waals surface area contributed by atoms with Crippen LogP contribution >= 0.6 is 22.7 Å². The number of amides is 1. The molecule has 9 heteroatoms. The van der Waals surface area contributed by atoms with E-state index in [9.17, 15) is 9.59 Å². The van der Waals surface area contributed by atoms with Crippen LogP contribution in [0.2, 0.25) is 0 Å². The molecular weight excluding hydrogens is 422 g/mol. The van der Waals surface area contributed by atoms with E-state index in [1.807, 2.05) is 36.6 Å². The Morgan fingerprint density at radius 2 is 1.93 bits per heavy atom. The van der Waals surface area contributed by atoms with Crippen LogP contribution in [0.4, 0.5) is 5.13 Å². The molecule has 0 atom stereocenters. The highest BCUT2D eigenvalue weighted by molar-refractivity contribution is 7.14. The van der Waals surface area contributed by atoms with Crippen LogP contribution in [0, 0.1) is 6.92 Å². The van der Waals surface area contributed by atoms with Crippen LogP contribution < -0.4 is 10.1 Å². The number of esters is 1. The van der Waals surface area contributed by atoms with Gasteiger partial charge >= 0.3 is 5.97 Å². The number of carbonyl (C=O) groups excluding carboxylic acids is 2. The van der Waals surface area contributed by atoms with E-state index in [-0.39, 0.29) is 18.3 Å². The molecule has 2 heterocycles. The van der Waals surface area contributed by atoms with Gasteiger partial charge in [-0.2, -0.15) is 0 Å². The first-order valence-corrected chi connectivity index (χ1v) is 11.0. The van der Waals surface area contributed by atoms with E-state index in [4.69, 9.17) is 9.47 Å². The maximum atomic E-state index is 12.2. The van der Waals surface area contributed by atoms with Crippen LogP contribution in [0.1, 0.15) is 28.9 Å². The predicted octanol–water partition coefficient (Wildman–Crippen LogP) is 4.24. The fourth-order valence-corrected chi connectivity index (χ4v) is 3.80. The van der Waals surface area contributed by atoms with Crippen molar-refractivity contribution in [3.05, 3.63) is 63.1 Å². The summed E-state index contributed by atoms with van der Waals surface area (Å²) in [5, 5.41) is 7.80. The lowest BCUT2D eigenvalue weighted by Gasteiger charge is -2.07. The molecule has 0 radical (unpaired) electrons. The topological polar surface area (TPSA) is 90.4 Å². The van der Waals surface area contributed by atoms with E-state index < -0.39 is 0 Å². The number of ether oxygens (including phenoxy) is 2. The number of rotatable bonds is 9. The minimum absolute atomic E-state index is 0.0826. The van der Waals surface area contributed by atoms with Gasteiger partial charge in [-0.3, -0.25) is 14.9 Å². The van der Waals surface area contributed by atoms with Crippen molar-refractivity contribution in [1.29, 1.82) is 0 Å². The Kier molecular flexibility index (Phi) is 7.69. The first kappa shape index (κ1) is 21.7. The molecule has 1 amide bonds. The first-order chi connectivity index (χ1) is 14.5. The molecule has 30 heavy (non-hydrogen) atoms. The lowest BCUT2D eigenvalue weighted by molar-refractivity contribution is -0.142. The van der Waals surface area contributed by atoms with Crippen molar-refractivity contribution >= 4 is 45.8 Å². The Morgan fingerprint density at radius 1 is 1.13 bits per heavy atom. The zero-order valence-corrected chi connectivity index (χ0v) is 18.2. The van der Waals surface area contributed by atoms with Gasteiger partial charge in [-0.15, -0.1) is 22.7 Å². The van der Waals surface area contributed by atoms with Crippen molar-refractivity contribution in [2.75, 3.05) is 11.9 Å². The maximum Gasteiger partial charge on any atom is 0.311 e. The van der Waals surface area contributed by atoms with Gasteiger partial charge in [0.2, 0.25) is 5.91 Å². The minimum atomic E-state index is -0.343. The zero-order valence-electron chi connectivity index (χ0n) is 16.6. The Morgan fingerprint density at radius 3 is 2.70 bits per heavy atom. The molecular formula is C21H21N3O4S2. The van der Waals surface area contributed by atoms with Gasteiger partial charge in [0.1, 0.15) is 12.4 Å². The Hall–Kier alpha value is -3.04. The van der Waals surface area contributed by atoms with Gasteiger partial charge in [-0.25, -0.2) is 9.97 Å². The standard InChI is InChI=1S/C21H21N3O4S2/c1-3-27-20(26)10-16-12-30-21(23-16)24-19(25)9-8-15-6-4-5-7-18(15)28-11-17-13-29-14(2)22-17/h4-9,12-13H,3,10-11H2,1-2H3,(H,23,24,25)/b9-8+. The third kappa shape index (κ3) is 6.50. The van der Waals surface area contributed by atoms with E-state index in [0.717, 1.165) is 16.3 Å². The van der Waals surface area contributed by atoms with Gasteiger partial charge in [0, 0.05) is 22.4 Å². The minimum Gasteiger partial charge on any atom is -0.487 e. The van der Waals surface area contributed by atoms with Gasteiger partial charge in [-0.1, -0.05) is 18.2 Å². The highest BCUT2D eigenvalue weighted by Crippen LogP contribution is 2.22. The second-order valence-corrected chi connectivity index (χ2v) is 8.05. The lowest BCUT2D eigenvalue weighted by atomic mass is 10.2. The molecule has 0 fully saturated rings. The average molecular weight is 444 g/mol. The van der Waals surface area contributed by atoms with E-state index >= 15 is 0 Å². The number of anilines is 1. The number of nitrogens with zero attached hydrogens (tertiary/aromatic N) is 2. The number of hydrogen-bond acceptors (Lipinski definition) is 8. The van der Waals surface area contributed by atoms with Gasteiger partial charge in [0.15, 0.2) is 5.13 Å². The molecule has 7 nitrogen and oxygen atoms in total. The summed E-state index contributed by atoms with van der Waals surface area (Å²) in [7, 11) is 0. The van der Waals surface area contributed by atoms with Crippen LogP contribution in [0.15, 0.2) is 41.1 Å². The summed E-state index contributed by atoms with van der Waals surface area (Å²) in [6.45, 7) is 4.39. The van der Waals surface area contributed by atoms with Crippen molar-refractivity contribution in [2.45, 2.75) is 26.9 Å². The SMILES string of the molecule is CCOC(=O)Cc1csc(NC(=O)/C=C/c2ccccc2OCc2csc(C)n2)n1. The third-order valence-corrected chi connectivity index (χ3v) is 5.42. The van der Waals surface area contributed by atoms with Crippen molar-refractivity contribution in [1.82, 2.24) is 9.97 Å². The number of hydrogen-bond donors (Lipinski definition) is 1. The molecule has 0 aliphatic heterocycles. The van der Waals surface area contributed by atoms with Gasteiger partial charge in [0.05, 0.1) is 29.4 Å². The zero-order chi connectivity index (χ0) is 21.3. The molecule has 2 aromatic heterocycles. The molecule has 156 valence electrons. The molecule has 0 aliphatic carbocycles. The van der Waals surface area contributed by atoms with E-state index in [1.165, 1.54) is 17.4 Å². The smallest absolute Gasteiger partial charge is 0.311 e. The van der Waals surface area contributed by atoms with Crippen molar-refractivity contribution in [3.63, 3.8) is 0 Å². The summed E-state index contributed by atoms with van der Waals surface area (Å²) in [5.41, 5.74) is 2.21. The van der Waals surface area contributed by atoms with Crippen molar-refractivity contribution in [3.8, 4) is 5.75 Å². The number of thiazole rings is 2. The number of carbonyl (C=O) groups is 2. The number of aromatic nitrogens is 2. The summed E-state index contributed by atoms with van der Waals surface area (Å²) >= 11 is 2.83. The summed E-state index contributed by atoms with van der Waals surface area (Å²) in [6.07, 6.45) is 3.19. The van der Waals surface area contributed by atoms with Gasteiger partial charge in [-0.05, 0) is 26.0 Å².